The smallest absolute Gasteiger partial charge is 0.275 e. The molecule has 1 heterocycles. The third kappa shape index (κ3) is 2.13. The van der Waals surface area contributed by atoms with Crippen molar-refractivity contribution in [2.24, 2.45) is 0 Å². The van der Waals surface area contributed by atoms with E-state index < -0.39 is 0 Å². The molecule has 2 amide bonds. The number of benzene rings is 2. The number of amides is 2. The maximum absolute atomic E-state index is 12.6. The fraction of sp³-hybridized carbons (Fsp3) is 0.250. The highest BCUT2D eigenvalue weighted by atomic mass is 16.5. The summed E-state index contributed by atoms with van der Waals surface area (Å²) in [7, 11) is 3.12. The Hall–Kier alpha value is -2.44. The Morgan fingerprint density at radius 1 is 1.05 bits per heavy atom. The van der Waals surface area contributed by atoms with Crippen molar-refractivity contribution in [1.82, 2.24) is 10.4 Å². The maximum atomic E-state index is 12.6. The molecule has 1 aliphatic rings. The molecule has 0 aliphatic carbocycles. The average molecular weight is 300 g/mol. The molecule has 0 unspecified atom stereocenters. The molecule has 0 aromatic heterocycles. The Labute approximate surface area is 127 Å². The van der Waals surface area contributed by atoms with Crippen molar-refractivity contribution in [3.05, 3.63) is 41.5 Å². The molecule has 0 radical (unpaired) electrons. The van der Waals surface area contributed by atoms with Gasteiger partial charge in [0.2, 0.25) is 0 Å². The van der Waals surface area contributed by atoms with Gasteiger partial charge in [-0.25, -0.2) is 10.4 Å². The van der Waals surface area contributed by atoms with Crippen LogP contribution < -0.4 is 10.2 Å². The van der Waals surface area contributed by atoms with Gasteiger partial charge >= 0.3 is 0 Å². The third-order valence-corrected chi connectivity index (χ3v) is 3.66. The highest BCUT2D eigenvalue weighted by Crippen LogP contribution is 2.34. The summed E-state index contributed by atoms with van der Waals surface area (Å²) >= 11 is 0. The molecule has 0 saturated carbocycles. The van der Waals surface area contributed by atoms with Gasteiger partial charge in [0.15, 0.2) is 0 Å². The zero-order valence-electron chi connectivity index (χ0n) is 12.4. The molecule has 6 nitrogen and oxygen atoms in total. The third-order valence-electron chi connectivity index (χ3n) is 3.66. The van der Waals surface area contributed by atoms with E-state index in [1.54, 1.807) is 38.5 Å². The van der Waals surface area contributed by atoms with Crippen molar-refractivity contribution in [3.8, 4) is 5.75 Å². The van der Waals surface area contributed by atoms with Crippen molar-refractivity contribution < 1.29 is 19.1 Å². The average Bonchev–Trinajstić information content (AvgIpc) is 2.55. The molecule has 0 bridgehead atoms. The van der Waals surface area contributed by atoms with Crippen LogP contribution in [-0.4, -0.2) is 44.2 Å². The summed E-state index contributed by atoms with van der Waals surface area (Å²) in [6, 6.07) is 8.76. The quantitative estimate of drug-likeness (QED) is 0.671. The van der Waals surface area contributed by atoms with Crippen LogP contribution in [0.4, 0.5) is 0 Å². The Kier molecular flexibility index (Phi) is 3.79. The van der Waals surface area contributed by atoms with E-state index in [-0.39, 0.29) is 11.8 Å². The molecule has 114 valence electrons. The lowest BCUT2D eigenvalue weighted by Gasteiger charge is -2.27. The topological polar surface area (TPSA) is 67.9 Å². The SMILES string of the molecule is COCCNN1C(=O)c2cccc3c(OC)ccc(c23)C1=O. The zero-order valence-corrected chi connectivity index (χ0v) is 12.4. The van der Waals surface area contributed by atoms with E-state index in [9.17, 15) is 9.59 Å². The number of imide groups is 1. The van der Waals surface area contributed by atoms with Gasteiger partial charge in [-0.2, -0.15) is 0 Å². The van der Waals surface area contributed by atoms with E-state index in [0.717, 1.165) is 10.4 Å². The van der Waals surface area contributed by atoms with Crippen LogP contribution in [0, 0.1) is 0 Å². The summed E-state index contributed by atoms with van der Waals surface area (Å²) in [5.41, 5.74) is 3.78. The van der Waals surface area contributed by atoms with Gasteiger partial charge in [0.1, 0.15) is 5.75 Å². The fourth-order valence-corrected chi connectivity index (χ4v) is 2.65. The van der Waals surface area contributed by atoms with Gasteiger partial charge in [-0.15, -0.1) is 0 Å². The van der Waals surface area contributed by atoms with Crippen LogP contribution in [-0.2, 0) is 4.74 Å². The van der Waals surface area contributed by atoms with E-state index in [1.807, 2.05) is 6.07 Å². The normalized spacial score (nSPS) is 13.8. The summed E-state index contributed by atoms with van der Waals surface area (Å²) in [6.07, 6.45) is 0. The highest BCUT2D eigenvalue weighted by Gasteiger charge is 2.33. The number of nitrogens with one attached hydrogen (secondary N) is 1. The summed E-state index contributed by atoms with van der Waals surface area (Å²) in [6.45, 7) is 0.770. The molecule has 1 N–H and O–H groups in total. The molecule has 0 saturated heterocycles. The minimum absolute atomic E-state index is 0.368. The number of hydrazine groups is 1. The number of hydrogen-bond acceptors (Lipinski definition) is 5. The van der Waals surface area contributed by atoms with Gasteiger partial charge in [-0.05, 0) is 18.2 Å². The van der Waals surface area contributed by atoms with Crippen molar-refractivity contribution in [2.45, 2.75) is 0 Å². The predicted octanol–water partition coefficient (Wildman–Crippen LogP) is 1.60. The van der Waals surface area contributed by atoms with Crippen LogP contribution in [0.25, 0.3) is 10.8 Å². The first kappa shape index (κ1) is 14.5. The molecule has 0 atom stereocenters. The van der Waals surface area contributed by atoms with Gasteiger partial charge in [0.05, 0.1) is 24.8 Å². The van der Waals surface area contributed by atoms with Crippen molar-refractivity contribution in [1.29, 1.82) is 0 Å². The Morgan fingerprint density at radius 3 is 2.45 bits per heavy atom. The predicted molar refractivity (Wildman–Crippen MR) is 80.9 cm³/mol. The number of rotatable bonds is 5. The van der Waals surface area contributed by atoms with Gasteiger partial charge in [-0.1, -0.05) is 12.1 Å². The van der Waals surface area contributed by atoms with Crippen LogP contribution in [0.2, 0.25) is 0 Å². The van der Waals surface area contributed by atoms with Gasteiger partial charge in [0.25, 0.3) is 11.8 Å². The highest BCUT2D eigenvalue weighted by molar-refractivity contribution is 6.25. The van der Waals surface area contributed by atoms with Gasteiger partial charge in [-0.3, -0.25) is 9.59 Å². The van der Waals surface area contributed by atoms with Crippen LogP contribution >= 0.6 is 0 Å². The lowest BCUT2D eigenvalue weighted by Crippen LogP contribution is -2.50. The second-order valence-corrected chi connectivity index (χ2v) is 4.89. The van der Waals surface area contributed by atoms with E-state index in [2.05, 4.69) is 5.43 Å². The Morgan fingerprint density at radius 2 is 1.77 bits per heavy atom. The second-order valence-electron chi connectivity index (χ2n) is 4.89. The molecule has 2 aromatic rings. The first-order valence-electron chi connectivity index (χ1n) is 6.90. The number of carbonyl (C=O) groups excluding carboxylic acids is 2. The Bertz CT molecular complexity index is 735. The molecule has 0 spiro atoms. The van der Waals surface area contributed by atoms with E-state index in [0.29, 0.717) is 35.4 Å². The first-order valence-corrected chi connectivity index (χ1v) is 6.90. The fourth-order valence-electron chi connectivity index (χ4n) is 2.65. The van der Waals surface area contributed by atoms with E-state index in [4.69, 9.17) is 9.47 Å². The van der Waals surface area contributed by atoms with Crippen molar-refractivity contribution >= 4 is 22.6 Å². The molecule has 22 heavy (non-hydrogen) atoms. The maximum Gasteiger partial charge on any atom is 0.275 e. The van der Waals surface area contributed by atoms with Crippen LogP contribution in [0.15, 0.2) is 30.3 Å². The molecule has 0 fully saturated rings. The zero-order chi connectivity index (χ0) is 15.7. The number of hydrogen-bond donors (Lipinski definition) is 1. The number of methoxy groups -OCH3 is 2. The van der Waals surface area contributed by atoms with Crippen LogP contribution in [0.3, 0.4) is 0 Å². The van der Waals surface area contributed by atoms with Gasteiger partial charge < -0.3 is 9.47 Å². The number of ether oxygens (including phenoxy) is 2. The summed E-state index contributed by atoms with van der Waals surface area (Å²) in [5.74, 6) is -0.0955. The minimum atomic E-state index is -0.368. The molecular weight excluding hydrogens is 284 g/mol. The lowest BCUT2D eigenvalue weighted by atomic mass is 9.94. The summed E-state index contributed by atoms with van der Waals surface area (Å²) in [5, 5.41) is 2.44. The monoisotopic (exact) mass is 300 g/mol. The molecule has 3 rings (SSSR count). The first-order chi connectivity index (χ1) is 10.7. The van der Waals surface area contributed by atoms with Crippen molar-refractivity contribution in [2.75, 3.05) is 27.4 Å². The summed E-state index contributed by atoms with van der Waals surface area (Å²) in [4.78, 5) is 25.1. The van der Waals surface area contributed by atoms with E-state index in [1.165, 1.54) is 0 Å². The second kappa shape index (κ2) is 5.75. The van der Waals surface area contributed by atoms with Crippen molar-refractivity contribution in [3.63, 3.8) is 0 Å². The standard InChI is InChI=1S/C16H16N2O4/c1-21-9-8-17-18-15(19)11-5-3-4-10-13(22-2)7-6-12(14(10)11)16(18)20/h3-7,17H,8-9H2,1-2H3. The number of carbonyl (C=O) groups is 2. The van der Waals surface area contributed by atoms with Crippen LogP contribution in [0.5, 0.6) is 5.75 Å². The Balaban J connectivity index is 2.11. The number of nitrogens with zero attached hydrogens (tertiary/aromatic N) is 1. The summed E-state index contributed by atoms with van der Waals surface area (Å²) < 4.78 is 10.2. The van der Waals surface area contributed by atoms with Gasteiger partial charge in [0, 0.05) is 24.4 Å². The molecule has 1 aliphatic heterocycles. The molecular formula is C16H16N2O4. The van der Waals surface area contributed by atoms with E-state index >= 15 is 0 Å². The lowest BCUT2D eigenvalue weighted by molar-refractivity contribution is 0.0500. The molecule has 2 aromatic carbocycles. The molecule has 6 heteroatoms. The largest absolute Gasteiger partial charge is 0.496 e. The van der Waals surface area contributed by atoms with Crippen LogP contribution in [0.1, 0.15) is 20.7 Å². The minimum Gasteiger partial charge on any atom is -0.496 e.